The lowest BCUT2D eigenvalue weighted by molar-refractivity contribution is -0.129. The number of benzene rings is 2. The molecule has 3 amide bonds. The van der Waals surface area contributed by atoms with E-state index in [-0.39, 0.29) is 5.91 Å². The molecule has 0 radical (unpaired) electrons. The van der Waals surface area contributed by atoms with Crippen molar-refractivity contribution in [1.82, 2.24) is 10.2 Å². The van der Waals surface area contributed by atoms with E-state index < -0.39 is 11.6 Å². The van der Waals surface area contributed by atoms with Gasteiger partial charge in [0.15, 0.2) is 5.54 Å². The van der Waals surface area contributed by atoms with Gasteiger partial charge in [0, 0.05) is 7.05 Å². The number of urea groups is 1. The molecule has 0 atom stereocenters. The molecule has 1 fully saturated rings. The fourth-order valence-corrected chi connectivity index (χ4v) is 2.88. The van der Waals surface area contributed by atoms with Crippen molar-refractivity contribution in [1.29, 1.82) is 0 Å². The summed E-state index contributed by atoms with van der Waals surface area (Å²) in [5.74, 6) is 1.02. The largest absolute Gasteiger partial charge is 0.497 e. The number of hydrogen-bond acceptors (Lipinski definition) is 4. The molecule has 0 aliphatic carbocycles. The molecule has 124 valence electrons. The zero-order valence-electron chi connectivity index (χ0n) is 13.7. The van der Waals surface area contributed by atoms with Gasteiger partial charge >= 0.3 is 6.03 Å². The number of hydrogen-bond donors (Lipinski definition) is 1. The van der Waals surface area contributed by atoms with Gasteiger partial charge < -0.3 is 14.8 Å². The summed E-state index contributed by atoms with van der Waals surface area (Å²) in [6.45, 7) is 0. The Labute approximate surface area is 140 Å². The summed E-state index contributed by atoms with van der Waals surface area (Å²) < 4.78 is 10.3. The Morgan fingerprint density at radius 3 is 1.54 bits per heavy atom. The maximum Gasteiger partial charge on any atom is 0.325 e. The van der Waals surface area contributed by atoms with Crippen LogP contribution >= 0.6 is 0 Å². The van der Waals surface area contributed by atoms with Gasteiger partial charge in [0.2, 0.25) is 0 Å². The molecular weight excluding hydrogens is 308 g/mol. The van der Waals surface area contributed by atoms with Crippen molar-refractivity contribution < 1.29 is 19.1 Å². The predicted molar refractivity (Wildman–Crippen MR) is 88.1 cm³/mol. The Balaban J connectivity index is 2.17. The van der Waals surface area contributed by atoms with Crippen molar-refractivity contribution in [2.24, 2.45) is 0 Å². The highest BCUT2D eigenvalue weighted by molar-refractivity contribution is 6.09. The number of likely N-dealkylation sites (N-methyl/N-ethyl adjacent to an activating group) is 1. The van der Waals surface area contributed by atoms with Gasteiger partial charge in [-0.15, -0.1) is 0 Å². The number of imide groups is 1. The molecule has 1 aliphatic heterocycles. The second kappa shape index (κ2) is 5.88. The normalized spacial score (nSPS) is 16.0. The van der Waals surface area contributed by atoms with Crippen LogP contribution in [0.2, 0.25) is 0 Å². The first-order chi connectivity index (χ1) is 11.5. The number of nitrogens with zero attached hydrogens (tertiary/aromatic N) is 1. The van der Waals surface area contributed by atoms with E-state index in [0.717, 1.165) is 4.90 Å². The third-order valence-electron chi connectivity index (χ3n) is 4.27. The highest BCUT2D eigenvalue weighted by Gasteiger charge is 2.52. The van der Waals surface area contributed by atoms with Crippen LogP contribution in [0, 0.1) is 0 Å². The Morgan fingerprint density at radius 2 is 1.25 bits per heavy atom. The van der Waals surface area contributed by atoms with Gasteiger partial charge in [-0.2, -0.15) is 0 Å². The fraction of sp³-hybridized carbons (Fsp3) is 0.222. The van der Waals surface area contributed by atoms with Crippen LogP contribution in [0.3, 0.4) is 0 Å². The molecule has 0 spiro atoms. The number of methoxy groups -OCH3 is 2. The maximum absolute atomic E-state index is 12.9. The Morgan fingerprint density at radius 1 is 0.833 bits per heavy atom. The van der Waals surface area contributed by atoms with Crippen molar-refractivity contribution in [3.05, 3.63) is 59.7 Å². The summed E-state index contributed by atoms with van der Waals surface area (Å²) >= 11 is 0. The van der Waals surface area contributed by atoms with Gasteiger partial charge in [-0.05, 0) is 35.4 Å². The highest BCUT2D eigenvalue weighted by atomic mass is 16.5. The number of carbonyl (C=O) groups is 2. The predicted octanol–water partition coefficient (Wildman–Crippen LogP) is 2.13. The molecule has 24 heavy (non-hydrogen) atoms. The Hall–Kier alpha value is -3.02. The highest BCUT2D eigenvalue weighted by Crippen LogP contribution is 2.36. The molecule has 1 N–H and O–H groups in total. The fourth-order valence-electron chi connectivity index (χ4n) is 2.88. The van der Waals surface area contributed by atoms with E-state index in [0.29, 0.717) is 22.6 Å². The molecule has 0 bridgehead atoms. The van der Waals surface area contributed by atoms with E-state index in [1.165, 1.54) is 7.05 Å². The molecule has 0 aromatic heterocycles. The third-order valence-corrected chi connectivity index (χ3v) is 4.27. The van der Waals surface area contributed by atoms with E-state index in [4.69, 9.17) is 9.47 Å². The third kappa shape index (κ3) is 2.27. The summed E-state index contributed by atoms with van der Waals surface area (Å²) in [6.07, 6.45) is 0. The molecule has 1 heterocycles. The molecule has 0 saturated carbocycles. The van der Waals surface area contributed by atoms with E-state index in [2.05, 4.69) is 5.32 Å². The van der Waals surface area contributed by atoms with Crippen molar-refractivity contribution >= 4 is 11.9 Å². The van der Waals surface area contributed by atoms with Crippen LogP contribution < -0.4 is 14.8 Å². The van der Waals surface area contributed by atoms with Gasteiger partial charge in [-0.1, -0.05) is 24.3 Å². The molecule has 6 nitrogen and oxygen atoms in total. The van der Waals surface area contributed by atoms with E-state index >= 15 is 0 Å². The average molecular weight is 326 g/mol. The van der Waals surface area contributed by atoms with Crippen LogP contribution in [0.15, 0.2) is 48.5 Å². The van der Waals surface area contributed by atoms with Crippen LogP contribution in [0.4, 0.5) is 4.79 Å². The molecule has 1 saturated heterocycles. The first-order valence-electron chi connectivity index (χ1n) is 7.42. The summed E-state index contributed by atoms with van der Waals surface area (Å²) in [5.41, 5.74) is 0.0667. The average Bonchev–Trinajstić information content (AvgIpc) is 2.87. The molecule has 0 unspecified atom stereocenters. The minimum atomic E-state index is -1.26. The van der Waals surface area contributed by atoms with Crippen LogP contribution in [0.25, 0.3) is 0 Å². The van der Waals surface area contributed by atoms with Crippen LogP contribution in [-0.2, 0) is 10.3 Å². The van der Waals surface area contributed by atoms with Gasteiger partial charge in [-0.3, -0.25) is 9.69 Å². The minimum absolute atomic E-state index is 0.331. The van der Waals surface area contributed by atoms with E-state index in [9.17, 15) is 9.59 Å². The lowest BCUT2D eigenvalue weighted by atomic mass is 9.82. The van der Waals surface area contributed by atoms with E-state index in [1.807, 2.05) is 0 Å². The topological polar surface area (TPSA) is 67.9 Å². The molecular formula is C18H18N2O4. The number of rotatable bonds is 4. The molecule has 3 rings (SSSR count). The van der Waals surface area contributed by atoms with Crippen LogP contribution in [0.5, 0.6) is 11.5 Å². The zero-order chi connectivity index (χ0) is 17.3. The van der Waals surface area contributed by atoms with Crippen molar-refractivity contribution in [3.8, 4) is 11.5 Å². The maximum atomic E-state index is 12.9. The van der Waals surface area contributed by atoms with Gasteiger partial charge in [0.05, 0.1) is 14.2 Å². The number of nitrogens with one attached hydrogen (secondary N) is 1. The quantitative estimate of drug-likeness (QED) is 0.874. The van der Waals surface area contributed by atoms with Crippen LogP contribution in [-0.4, -0.2) is 38.1 Å². The zero-order valence-corrected chi connectivity index (χ0v) is 13.7. The second-order valence-electron chi connectivity index (χ2n) is 5.50. The van der Waals surface area contributed by atoms with Crippen molar-refractivity contribution in [3.63, 3.8) is 0 Å². The van der Waals surface area contributed by atoms with Crippen molar-refractivity contribution in [2.45, 2.75) is 5.54 Å². The lowest BCUT2D eigenvalue weighted by Gasteiger charge is -2.28. The van der Waals surface area contributed by atoms with Gasteiger partial charge in [0.1, 0.15) is 11.5 Å². The van der Waals surface area contributed by atoms with E-state index in [1.54, 1.807) is 62.8 Å². The smallest absolute Gasteiger partial charge is 0.325 e. The van der Waals surface area contributed by atoms with Gasteiger partial charge in [-0.25, -0.2) is 4.79 Å². The SMILES string of the molecule is COc1ccc(C2(c3ccc(OC)cc3)NC(=O)N(C)C2=O)cc1. The molecule has 2 aromatic carbocycles. The molecule has 6 heteroatoms. The Bertz CT molecular complexity index is 721. The summed E-state index contributed by atoms with van der Waals surface area (Å²) in [4.78, 5) is 26.2. The second-order valence-corrected chi connectivity index (χ2v) is 5.50. The first kappa shape index (κ1) is 15.9. The standard InChI is InChI=1S/C18H18N2O4/c1-20-16(21)18(19-17(20)22,12-4-8-14(23-2)9-5-12)13-6-10-15(24-3)11-7-13/h4-11H,1-3H3,(H,19,22). The Kier molecular flexibility index (Phi) is 3.89. The number of carbonyl (C=O) groups excluding carboxylic acids is 2. The molecule has 2 aromatic rings. The minimum Gasteiger partial charge on any atom is -0.497 e. The molecule has 1 aliphatic rings. The first-order valence-corrected chi connectivity index (χ1v) is 7.42. The van der Waals surface area contributed by atoms with Crippen molar-refractivity contribution in [2.75, 3.05) is 21.3 Å². The lowest BCUT2D eigenvalue weighted by Crippen LogP contribution is -2.44. The summed E-state index contributed by atoms with van der Waals surface area (Å²) in [7, 11) is 4.61. The van der Waals surface area contributed by atoms with Crippen LogP contribution in [0.1, 0.15) is 11.1 Å². The number of ether oxygens (including phenoxy) is 2. The summed E-state index contributed by atoms with van der Waals surface area (Å²) in [6, 6.07) is 13.7. The van der Waals surface area contributed by atoms with Gasteiger partial charge in [0.25, 0.3) is 5.91 Å². The monoisotopic (exact) mass is 326 g/mol. The summed E-state index contributed by atoms with van der Waals surface area (Å²) in [5, 5.41) is 2.83. The number of amides is 3.